The fraction of sp³-hybridized carbons (Fsp3) is 0.333. The molecule has 3 aromatic carbocycles. The minimum absolute atomic E-state index is 0.229. The summed E-state index contributed by atoms with van der Waals surface area (Å²) in [5.41, 5.74) is 11.0. The van der Waals surface area contributed by atoms with Crippen LogP contribution in [-0.4, -0.2) is 41.5 Å². The van der Waals surface area contributed by atoms with Crippen LogP contribution in [0.4, 0.5) is 18.9 Å². The zero-order valence-corrected chi connectivity index (χ0v) is 22.3. The number of nitrogens with one attached hydrogen (secondary N) is 1. The first kappa shape index (κ1) is 27.4. The molecule has 39 heavy (non-hydrogen) atoms. The summed E-state index contributed by atoms with van der Waals surface area (Å²) >= 11 is 6.00. The van der Waals surface area contributed by atoms with Crippen LogP contribution in [0.2, 0.25) is 5.02 Å². The number of halogens is 4. The van der Waals surface area contributed by atoms with Crippen LogP contribution in [0.3, 0.4) is 0 Å². The van der Waals surface area contributed by atoms with Gasteiger partial charge in [0.15, 0.2) is 0 Å². The van der Waals surface area contributed by atoms with Gasteiger partial charge in [0.05, 0.1) is 0 Å². The van der Waals surface area contributed by atoms with Gasteiger partial charge in [0.25, 0.3) is 0 Å². The number of hydrogen-bond donors (Lipinski definition) is 2. The van der Waals surface area contributed by atoms with Crippen LogP contribution in [0, 0.1) is 0 Å². The molecule has 1 aliphatic heterocycles. The van der Waals surface area contributed by atoms with Gasteiger partial charge in [0.1, 0.15) is 5.75 Å². The van der Waals surface area contributed by atoms with E-state index in [2.05, 4.69) is 43.9 Å². The quantitative estimate of drug-likeness (QED) is 0.227. The van der Waals surface area contributed by atoms with E-state index < -0.39 is 6.36 Å². The largest absolute Gasteiger partial charge is 0.573 e. The molecule has 1 aliphatic rings. The highest BCUT2D eigenvalue weighted by atomic mass is 35.5. The average Bonchev–Trinajstić information content (AvgIpc) is 3.27. The molecule has 2 heterocycles. The summed E-state index contributed by atoms with van der Waals surface area (Å²) in [6.45, 7) is 4.19. The number of hydrogen-bond acceptors (Lipinski definition) is 4. The first-order valence-corrected chi connectivity index (χ1v) is 13.6. The molecule has 1 aromatic heterocycles. The Hall–Kier alpha value is -3.20. The van der Waals surface area contributed by atoms with Gasteiger partial charge in [-0.3, -0.25) is 4.90 Å². The Balaban J connectivity index is 1.31. The SMILES string of the molecule is NCCCn1cc(-c2ccc(OC(F)(F)F)cc2)c2cc(CN3CCC(Nc4ccc(Cl)cc4)CC3)ccc21. The summed E-state index contributed by atoms with van der Waals surface area (Å²) in [7, 11) is 0. The van der Waals surface area contributed by atoms with Gasteiger partial charge in [-0.25, -0.2) is 0 Å². The number of nitrogens with zero attached hydrogens (tertiary/aromatic N) is 2. The highest BCUT2D eigenvalue weighted by Gasteiger charge is 2.31. The van der Waals surface area contributed by atoms with Gasteiger partial charge in [-0.15, -0.1) is 13.2 Å². The molecule has 0 unspecified atom stereocenters. The van der Waals surface area contributed by atoms with Crippen molar-refractivity contribution in [2.24, 2.45) is 5.73 Å². The molecule has 0 spiro atoms. The first-order valence-electron chi connectivity index (χ1n) is 13.2. The Bertz CT molecular complexity index is 1380. The van der Waals surface area contributed by atoms with E-state index in [0.29, 0.717) is 12.6 Å². The molecule has 9 heteroatoms. The number of likely N-dealkylation sites (tertiary alicyclic amines) is 1. The standard InChI is InChI=1S/C30H32ClF3N4O/c31-23-5-7-24(8-6-23)36-25-12-16-37(17-13-25)19-21-2-11-29-27(18-21)28(20-38(29)15-1-14-35)22-3-9-26(10-4-22)39-30(32,33)34/h2-11,18,20,25,36H,1,12-17,19,35H2. The lowest BCUT2D eigenvalue weighted by Crippen LogP contribution is -2.38. The second-order valence-corrected chi connectivity index (χ2v) is 10.4. The molecule has 0 amide bonds. The van der Waals surface area contributed by atoms with Gasteiger partial charge in [0.2, 0.25) is 0 Å². The van der Waals surface area contributed by atoms with E-state index in [-0.39, 0.29) is 5.75 Å². The Morgan fingerprint density at radius 3 is 2.36 bits per heavy atom. The molecule has 0 saturated carbocycles. The van der Waals surface area contributed by atoms with Gasteiger partial charge in [-0.05, 0) is 85.5 Å². The highest BCUT2D eigenvalue weighted by molar-refractivity contribution is 6.30. The number of nitrogens with two attached hydrogens (primary N) is 1. The predicted octanol–water partition coefficient (Wildman–Crippen LogP) is 7.29. The molecule has 0 radical (unpaired) electrons. The fourth-order valence-corrected chi connectivity index (χ4v) is 5.36. The normalized spacial score (nSPS) is 15.1. The van der Waals surface area contributed by atoms with Crippen LogP contribution in [0.25, 0.3) is 22.0 Å². The maximum absolute atomic E-state index is 12.6. The van der Waals surface area contributed by atoms with Crippen LogP contribution in [0.15, 0.2) is 72.9 Å². The molecule has 1 saturated heterocycles. The van der Waals surface area contributed by atoms with E-state index in [1.54, 1.807) is 12.1 Å². The summed E-state index contributed by atoms with van der Waals surface area (Å²) in [6.07, 6.45) is 0.297. The van der Waals surface area contributed by atoms with Gasteiger partial charge in [0, 0.05) is 65.6 Å². The van der Waals surface area contributed by atoms with Crippen molar-refractivity contribution in [2.45, 2.75) is 44.8 Å². The Morgan fingerprint density at radius 1 is 0.974 bits per heavy atom. The third-order valence-electron chi connectivity index (χ3n) is 7.16. The molecule has 0 atom stereocenters. The van der Waals surface area contributed by atoms with Crippen molar-refractivity contribution in [3.63, 3.8) is 0 Å². The van der Waals surface area contributed by atoms with Crippen molar-refractivity contribution in [1.29, 1.82) is 0 Å². The van der Waals surface area contributed by atoms with Gasteiger partial charge in [-0.2, -0.15) is 0 Å². The predicted molar refractivity (Wildman–Crippen MR) is 151 cm³/mol. The maximum atomic E-state index is 12.6. The lowest BCUT2D eigenvalue weighted by molar-refractivity contribution is -0.274. The molecule has 5 nitrogen and oxygen atoms in total. The monoisotopic (exact) mass is 556 g/mol. The molecule has 1 fully saturated rings. The van der Waals surface area contributed by atoms with Crippen molar-refractivity contribution in [2.75, 3.05) is 25.0 Å². The number of aromatic nitrogens is 1. The smallest absolute Gasteiger partial charge is 0.406 e. The Morgan fingerprint density at radius 2 is 1.69 bits per heavy atom. The fourth-order valence-electron chi connectivity index (χ4n) is 5.23. The van der Waals surface area contributed by atoms with E-state index in [1.807, 2.05) is 24.3 Å². The van der Waals surface area contributed by atoms with Crippen LogP contribution in [0.1, 0.15) is 24.8 Å². The van der Waals surface area contributed by atoms with Crippen LogP contribution >= 0.6 is 11.6 Å². The van der Waals surface area contributed by atoms with E-state index in [4.69, 9.17) is 17.3 Å². The van der Waals surface area contributed by atoms with E-state index in [9.17, 15) is 13.2 Å². The number of benzene rings is 3. The molecule has 5 rings (SSSR count). The molecular weight excluding hydrogens is 525 g/mol. The van der Waals surface area contributed by atoms with Crippen molar-refractivity contribution in [1.82, 2.24) is 9.47 Å². The maximum Gasteiger partial charge on any atom is 0.573 e. The summed E-state index contributed by atoms with van der Waals surface area (Å²) in [4.78, 5) is 2.47. The molecule has 0 bridgehead atoms. The molecule has 3 N–H and O–H groups in total. The first-order chi connectivity index (χ1) is 18.8. The molecular formula is C30H32ClF3N4O. The minimum Gasteiger partial charge on any atom is -0.406 e. The van der Waals surface area contributed by atoms with E-state index in [1.165, 1.54) is 17.7 Å². The second kappa shape index (κ2) is 11.9. The summed E-state index contributed by atoms with van der Waals surface area (Å²) in [6, 6.07) is 20.8. The Kier molecular flexibility index (Phi) is 8.35. The van der Waals surface area contributed by atoms with E-state index in [0.717, 1.165) is 78.2 Å². The van der Waals surface area contributed by atoms with Crippen molar-refractivity contribution >= 4 is 28.2 Å². The average molecular weight is 557 g/mol. The summed E-state index contributed by atoms with van der Waals surface area (Å²) in [5, 5.41) is 5.42. The van der Waals surface area contributed by atoms with Gasteiger partial charge in [-0.1, -0.05) is 29.8 Å². The number of aryl methyl sites for hydroxylation is 1. The number of anilines is 1. The van der Waals surface area contributed by atoms with Crippen molar-refractivity contribution < 1.29 is 17.9 Å². The zero-order valence-electron chi connectivity index (χ0n) is 21.6. The lowest BCUT2D eigenvalue weighted by Gasteiger charge is -2.33. The van der Waals surface area contributed by atoms with Crippen molar-refractivity contribution in [3.05, 3.63) is 83.5 Å². The molecule has 4 aromatic rings. The number of alkyl halides is 3. The third-order valence-corrected chi connectivity index (χ3v) is 7.41. The highest BCUT2D eigenvalue weighted by Crippen LogP contribution is 2.34. The number of rotatable bonds is 9. The minimum atomic E-state index is -4.71. The molecule has 206 valence electrons. The van der Waals surface area contributed by atoms with Gasteiger partial charge < -0.3 is 20.4 Å². The Labute approximate surface area is 231 Å². The van der Waals surface area contributed by atoms with E-state index >= 15 is 0 Å². The van der Waals surface area contributed by atoms with Crippen LogP contribution < -0.4 is 15.8 Å². The lowest BCUT2D eigenvalue weighted by atomic mass is 10.0. The van der Waals surface area contributed by atoms with Crippen LogP contribution in [0.5, 0.6) is 5.75 Å². The number of ether oxygens (including phenoxy) is 1. The second-order valence-electron chi connectivity index (χ2n) is 10.0. The third kappa shape index (κ3) is 7.06. The summed E-state index contributed by atoms with van der Waals surface area (Å²) in [5.74, 6) is -0.229. The topological polar surface area (TPSA) is 55.5 Å². The molecule has 0 aliphatic carbocycles. The number of piperidine rings is 1. The number of fused-ring (bicyclic) bond motifs is 1. The van der Waals surface area contributed by atoms with Crippen LogP contribution in [-0.2, 0) is 13.1 Å². The van der Waals surface area contributed by atoms with Crippen molar-refractivity contribution in [3.8, 4) is 16.9 Å². The zero-order chi connectivity index (χ0) is 27.4. The van der Waals surface area contributed by atoms with Gasteiger partial charge >= 0.3 is 6.36 Å². The summed E-state index contributed by atoms with van der Waals surface area (Å²) < 4.78 is 44.1.